The summed E-state index contributed by atoms with van der Waals surface area (Å²) in [6, 6.07) is 21.4. The van der Waals surface area contributed by atoms with Crippen LogP contribution in [0.15, 0.2) is 60.0 Å². The van der Waals surface area contributed by atoms with Crippen LogP contribution >= 0.6 is 11.3 Å². The zero-order valence-electron chi connectivity index (χ0n) is 15.7. The van der Waals surface area contributed by atoms with E-state index in [4.69, 9.17) is 4.74 Å². The molecule has 5 rings (SSSR count). The Morgan fingerprint density at radius 1 is 1.11 bits per heavy atom. The summed E-state index contributed by atoms with van der Waals surface area (Å²) < 4.78 is 5.96. The van der Waals surface area contributed by atoms with E-state index in [-0.39, 0.29) is 0 Å². The number of likely N-dealkylation sites (tertiary alicyclic amines) is 1. The predicted molar refractivity (Wildman–Crippen MR) is 113 cm³/mol. The van der Waals surface area contributed by atoms with Crippen LogP contribution in [0.3, 0.4) is 0 Å². The van der Waals surface area contributed by atoms with Gasteiger partial charge < -0.3 is 9.64 Å². The summed E-state index contributed by atoms with van der Waals surface area (Å²) in [5.41, 5.74) is 4.64. The third-order valence-electron chi connectivity index (χ3n) is 5.98. The lowest BCUT2D eigenvalue weighted by Gasteiger charge is -2.27. The molecule has 0 aliphatic carbocycles. The first-order chi connectivity index (χ1) is 13.8. The first-order valence-electron chi connectivity index (χ1n) is 9.82. The monoisotopic (exact) mass is 386 g/mol. The van der Waals surface area contributed by atoms with Gasteiger partial charge >= 0.3 is 0 Å². The van der Waals surface area contributed by atoms with Crippen molar-refractivity contribution < 1.29 is 4.74 Å². The van der Waals surface area contributed by atoms with Gasteiger partial charge in [0.05, 0.1) is 18.2 Å². The highest BCUT2D eigenvalue weighted by Gasteiger charge is 2.38. The quantitative estimate of drug-likeness (QED) is 0.637. The number of nitrogens with zero attached hydrogens (tertiary/aromatic N) is 2. The van der Waals surface area contributed by atoms with Crippen molar-refractivity contribution in [3.8, 4) is 22.3 Å². The summed E-state index contributed by atoms with van der Waals surface area (Å²) in [6.45, 7) is 3.99. The highest BCUT2D eigenvalue weighted by molar-refractivity contribution is 7.13. The van der Waals surface area contributed by atoms with E-state index in [1.54, 1.807) is 11.3 Å². The van der Waals surface area contributed by atoms with Crippen molar-refractivity contribution in [2.75, 3.05) is 26.2 Å². The Hall–Kier alpha value is -2.61. The molecular weight excluding hydrogens is 364 g/mol. The van der Waals surface area contributed by atoms with Gasteiger partial charge in [0.25, 0.3) is 0 Å². The smallest absolute Gasteiger partial charge is 0.122 e. The summed E-state index contributed by atoms with van der Waals surface area (Å²) >= 11 is 1.78. The number of hydrogen-bond donors (Lipinski definition) is 0. The summed E-state index contributed by atoms with van der Waals surface area (Å²) in [5.74, 6) is 1.98. The predicted octanol–water partition coefficient (Wildman–Crippen LogP) is 4.94. The summed E-state index contributed by atoms with van der Waals surface area (Å²) in [5, 5.41) is 11.3. The number of ether oxygens (including phenoxy) is 1. The van der Waals surface area contributed by atoms with Gasteiger partial charge in [-0.3, -0.25) is 0 Å². The molecule has 0 spiro atoms. The first kappa shape index (κ1) is 17.5. The maximum atomic E-state index is 9.22. The molecule has 2 atom stereocenters. The summed E-state index contributed by atoms with van der Waals surface area (Å²) in [6.07, 6.45) is 1.07. The zero-order chi connectivity index (χ0) is 18.9. The normalized spacial score (nSPS) is 20.8. The van der Waals surface area contributed by atoms with Crippen molar-refractivity contribution in [3.05, 3.63) is 76.7 Å². The summed E-state index contributed by atoms with van der Waals surface area (Å²) in [4.78, 5) is 3.88. The average Bonchev–Trinajstić information content (AvgIpc) is 3.42. The molecule has 1 aromatic heterocycles. The van der Waals surface area contributed by atoms with Crippen LogP contribution in [-0.4, -0.2) is 31.1 Å². The molecule has 2 aliphatic heterocycles. The number of thiophene rings is 1. The maximum absolute atomic E-state index is 9.22. The van der Waals surface area contributed by atoms with E-state index in [9.17, 15) is 5.26 Å². The van der Waals surface area contributed by atoms with Crippen LogP contribution in [0, 0.1) is 17.2 Å². The molecule has 0 N–H and O–H groups in total. The molecule has 3 heterocycles. The second-order valence-corrected chi connectivity index (χ2v) is 8.67. The number of rotatable bonds is 4. The van der Waals surface area contributed by atoms with E-state index in [1.807, 2.05) is 18.2 Å². The van der Waals surface area contributed by atoms with Crippen LogP contribution < -0.4 is 4.74 Å². The van der Waals surface area contributed by atoms with Crippen LogP contribution in [0.25, 0.3) is 10.4 Å². The van der Waals surface area contributed by atoms with Gasteiger partial charge in [-0.1, -0.05) is 30.3 Å². The SMILES string of the molecule is N#Cc1ccc2c(c1)C1CN(CCc3ccc(-c4cccs4)cc3)CC1CO2. The Morgan fingerprint density at radius 2 is 2.00 bits per heavy atom. The summed E-state index contributed by atoms with van der Waals surface area (Å²) in [7, 11) is 0. The second-order valence-electron chi connectivity index (χ2n) is 7.73. The molecule has 4 heteroatoms. The molecule has 2 aliphatic rings. The fourth-order valence-electron chi connectivity index (χ4n) is 4.47. The van der Waals surface area contributed by atoms with Crippen LogP contribution in [0.5, 0.6) is 5.75 Å². The third kappa shape index (κ3) is 3.32. The van der Waals surface area contributed by atoms with Crippen LogP contribution in [-0.2, 0) is 6.42 Å². The minimum Gasteiger partial charge on any atom is -0.493 e. The van der Waals surface area contributed by atoms with Gasteiger partial charge in [-0.15, -0.1) is 11.3 Å². The molecule has 2 unspecified atom stereocenters. The second kappa shape index (κ2) is 7.43. The molecule has 3 nitrogen and oxygen atoms in total. The van der Waals surface area contributed by atoms with Gasteiger partial charge in [-0.05, 0) is 47.2 Å². The Balaban J connectivity index is 1.24. The highest BCUT2D eigenvalue weighted by atomic mass is 32.1. The third-order valence-corrected chi connectivity index (χ3v) is 6.90. The Kier molecular flexibility index (Phi) is 4.64. The standard InChI is InChI=1S/C24H22N2OS/c25-13-18-5-8-23-21(12-18)22-15-26(14-20(22)16-27-23)10-9-17-3-6-19(7-4-17)24-2-1-11-28-24/h1-8,11-12,20,22H,9-10,14-16H2. The van der Waals surface area contributed by atoms with E-state index in [2.05, 4.69) is 52.7 Å². The van der Waals surface area contributed by atoms with Crippen molar-refractivity contribution >= 4 is 11.3 Å². The molecule has 0 amide bonds. The lowest BCUT2D eigenvalue weighted by atomic mass is 9.86. The minimum atomic E-state index is 0.484. The molecule has 1 saturated heterocycles. The molecule has 28 heavy (non-hydrogen) atoms. The molecule has 140 valence electrons. The average molecular weight is 387 g/mol. The van der Waals surface area contributed by atoms with E-state index in [1.165, 1.54) is 21.6 Å². The first-order valence-corrected chi connectivity index (χ1v) is 10.7. The molecule has 0 saturated carbocycles. The molecule has 2 aromatic carbocycles. The van der Waals surface area contributed by atoms with Crippen LogP contribution in [0.4, 0.5) is 0 Å². The number of fused-ring (bicyclic) bond motifs is 3. The fourth-order valence-corrected chi connectivity index (χ4v) is 5.20. The Labute approximate surface area is 169 Å². The molecule has 0 bridgehead atoms. The topological polar surface area (TPSA) is 36.3 Å². The van der Waals surface area contributed by atoms with Gasteiger partial charge in [0.2, 0.25) is 0 Å². The van der Waals surface area contributed by atoms with Crippen molar-refractivity contribution in [1.29, 1.82) is 5.26 Å². The van der Waals surface area contributed by atoms with E-state index < -0.39 is 0 Å². The number of nitriles is 1. The minimum absolute atomic E-state index is 0.484. The van der Waals surface area contributed by atoms with E-state index in [0.717, 1.165) is 44.0 Å². The largest absolute Gasteiger partial charge is 0.493 e. The van der Waals surface area contributed by atoms with Gasteiger partial charge in [-0.25, -0.2) is 0 Å². The number of hydrogen-bond acceptors (Lipinski definition) is 4. The van der Waals surface area contributed by atoms with Crippen molar-refractivity contribution in [1.82, 2.24) is 4.90 Å². The Bertz CT molecular complexity index is 1000. The fraction of sp³-hybridized carbons (Fsp3) is 0.292. The zero-order valence-corrected chi connectivity index (χ0v) is 16.5. The van der Waals surface area contributed by atoms with Crippen LogP contribution in [0.1, 0.15) is 22.6 Å². The van der Waals surface area contributed by atoms with Crippen molar-refractivity contribution in [2.45, 2.75) is 12.3 Å². The van der Waals surface area contributed by atoms with Crippen molar-refractivity contribution in [3.63, 3.8) is 0 Å². The molecule has 3 aromatic rings. The number of benzene rings is 2. The van der Waals surface area contributed by atoms with Gasteiger partial charge in [0.1, 0.15) is 5.75 Å². The van der Waals surface area contributed by atoms with Crippen molar-refractivity contribution in [2.24, 2.45) is 5.92 Å². The lowest BCUT2D eigenvalue weighted by molar-refractivity contribution is 0.213. The van der Waals surface area contributed by atoms with E-state index in [0.29, 0.717) is 11.8 Å². The van der Waals surface area contributed by atoms with Gasteiger partial charge in [0, 0.05) is 41.9 Å². The molecular formula is C24H22N2OS. The Morgan fingerprint density at radius 3 is 2.79 bits per heavy atom. The van der Waals surface area contributed by atoms with E-state index >= 15 is 0 Å². The van der Waals surface area contributed by atoms with Gasteiger partial charge in [0.15, 0.2) is 0 Å². The molecule has 0 radical (unpaired) electrons. The lowest BCUT2D eigenvalue weighted by Crippen LogP contribution is -2.25. The maximum Gasteiger partial charge on any atom is 0.122 e. The van der Waals surface area contributed by atoms with Crippen LogP contribution in [0.2, 0.25) is 0 Å². The van der Waals surface area contributed by atoms with Gasteiger partial charge in [-0.2, -0.15) is 5.26 Å². The highest BCUT2D eigenvalue weighted by Crippen LogP contribution is 2.42. The molecule has 1 fully saturated rings.